The van der Waals surface area contributed by atoms with Gasteiger partial charge in [-0.3, -0.25) is 0 Å². The van der Waals surface area contributed by atoms with Crippen LogP contribution in [0.15, 0.2) is 18.2 Å². The van der Waals surface area contributed by atoms with E-state index in [0.717, 1.165) is 10.7 Å². The van der Waals surface area contributed by atoms with Crippen molar-refractivity contribution in [3.05, 3.63) is 23.2 Å². The third-order valence-electron chi connectivity index (χ3n) is 2.31. The van der Waals surface area contributed by atoms with Gasteiger partial charge >= 0.3 is 0 Å². The SMILES string of the molecule is COc1cc(Cl)ccc1-c1nsc(NC(C)(C)C)n1. The van der Waals surface area contributed by atoms with Crippen LogP contribution in [0.4, 0.5) is 5.13 Å². The van der Waals surface area contributed by atoms with Gasteiger partial charge in [0.2, 0.25) is 5.13 Å². The molecule has 0 aliphatic carbocycles. The van der Waals surface area contributed by atoms with E-state index in [1.807, 2.05) is 6.07 Å². The molecule has 1 N–H and O–H groups in total. The van der Waals surface area contributed by atoms with Crippen LogP contribution >= 0.6 is 23.1 Å². The molecule has 0 fully saturated rings. The Morgan fingerprint density at radius 3 is 2.68 bits per heavy atom. The second kappa shape index (κ2) is 5.35. The molecule has 2 aromatic rings. The number of hydrogen-bond donors (Lipinski definition) is 1. The lowest BCUT2D eigenvalue weighted by molar-refractivity contribution is 0.416. The number of anilines is 1. The zero-order valence-corrected chi connectivity index (χ0v) is 12.9. The molecule has 102 valence electrons. The van der Waals surface area contributed by atoms with Gasteiger partial charge in [0.25, 0.3) is 0 Å². The molecule has 19 heavy (non-hydrogen) atoms. The fourth-order valence-corrected chi connectivity index (χ4v) is 2.51. The Morgan fingerprint density at radius 2 is 2.05 bits per heavy atom. The highest BCUT2D eigenvalue weighted by Crippen LogP contribution is 2.32. The standard InChI is InChI=1S/C13H16ClN3OS/c1-13(2,3)16-12-15-11(17-19-12)9-6-5-8(14)7-10(9)18-4/h5-7H,1-4H3,(H,15,16,17). The Bertz CT molecular complexity index is 578. The maximum absolute atomic E-state index is 5.94. The molecule has 1 aromatic heterocycles. The van der Waals surface area contributed by atoms with Crippen LogP contribution in [0, 0.1) is 0 Å². The van der Waals surface area contributed by atoms with Gasteiger partial charge < -0.3 is 10.1 Å². The fraction of sp³-hybridized carbons (Fsp3) is 0.385. The Balaban J connectivity index is 2.33. The molecule has 1 aromatic carbocycles. The van der Waals surface area contributed by atoms with Gasteiger partial charge in [-0.1, -0.05) is 11.6 Å². The van der Waals surface area contributed by atoms with Crippen molar-refractivity contribution in [2.45, 2.75) is 26.3 Å². The lowest BCUT2D eigenvalue weighted by atomic mass is 10.1. The average Bonchev–Trinajstić information content (AvgIpc) is 2.74. The van der Waals surface area contributed by atoms with Gasteiger partial charge in [0.1, 0.15) is 5.75 Å². The highest BCUT2D eigenvalue weighted by molar-refractivity contribution is 7.09. The largest absolute Gasteiger partial charge is 0.496 e. The normalized spacial score (nSPS) is 11.4. The molecule has 0 spiro atoms. The molecule has 2 rings (SSSR count). The zero-order chi connectivity index (χ0) is 14.0. The Hall–Kier alpha value is -1.33. The molecule has 0 aliphatic heterocycles. The number of benzene rings is 1. The highest BCUT2D eigenvalue weighted by Gasteiger charge is 2.15. The Labute approximate surface area is 122 Å². The predicted octanol–water partition coefficient (Wildman–Crippen LogP) is 4.08. The summed E-state index contributed by atoms with van der Waals surface area (Å²) in [6.45, 7) is 6.24. The third-order valence-corrected chi connectivity index (χ3v) is 3.18. The second-order valence-corrected chi connectivity index (χ2v) is 6.33. The van der Waals surface area contributed by atoms with Gasteiger partial charge in [0, 0.05) is 22.1 Å². The minimum Gasteiger partial charge on any atom is -0.496 e. The van der Waals surface area contributed by atoms with Crippen LogP contribution in [0.1, 0.15) is 20.8 Å². The molecule has 0 radical (unpaired) electrons. The summed E-state index contributed by atoms with van der Waals surface area (Å²) in [5.41, 5.74) is 0.797. The number of halogens is 1. The van der Waals surface area contributed by atoms with E-state index in [9.17, 15) is 0 Å². The topological polar surface area (TPSA) is 47.0 Å². The summed E-state index contributed by atoms with van der Waals surface area (Å²) in [5.74, 6) is 1.32. The van der Waals surface area contributed by atoms with Crippen LogP contribution in [-0.4, -0.2) is 22.0 Å². The van der Waals surface area contributed by atoms with Crippen molar-refractivity contribution in [2.24, 2.45) is 0 Å². The van der Waals surface area contributed by atoms with Crippen LogP contribution in [0.3, 0.4) is 0 Å². The molecule has 1 heterocycles. The fourth-order valence-electron chi connectivity index (χ4n) is 1.55. The molecule has 0 amide bonds. The van der Waals surface area contributed by atoms with Crippen molar-refractivity contribution < 1.29 is 4.74 Å². The summed E-state index contributed by atoms with van der Waals surface area (Å²) in [7, 11) is 1.61. The van der Waals surface area contributed by atoms with Gasteiger partial charge in [-0.15, -0.1) is 0 Å². The zero-order valence-electron chi connectivity index (χ0n) is 11.3. The maximum atomic E-state index is 5.94. The third kappa shape index (κ3) is 3.58. The summed E-state index contributed by atoms with van der Waals surface area (Å²) in [6.07, 6.45) is 0. The van der Waals surface area contributed by atoms with Crippen LogP contribution in [0.25, 0.3) is 11.4 Å². The van der Waals surface area contributed by atoms with Crippen LogP contribution < -0.4 is 10.1 Å². The van der Waals surface area contributed by atoms with Gasteiger partial charge in [-0.25, -0.2) is 0 Å². The quantitative estimate of drug-likeness (QED) is 0.927. The number of rotatable bonds is 3. The van der Waals surface area contributed by atoms with Crippen molar-refractivity contribution in [2.75, 3.05) is 12.4 Å². The number of aromatic nitrogens is 2. The van der Waals surface area contributed by atoms with E-state index in [-0.39, 0.29) is 5.54 Å². The molecule has 6 heteroatoms. The molecule has 0 unspecified atom stereocenters. The van der Waals surface area contributed by atoms with Crippen molar-refractivity contribution in [1.82, 2.24) is 9.36 Å². The van der Waals surface area contributed by atoms with Crippen LogP contribution in [0.5, 0.6) is 5.75 Å². The van der Waals surface area contributed by atoms with Gasteiger partial charge in [0.05, 0.1) is 12.7 Å². The Kier molecular flexibility index (Phi) is 3.96. The van der Waals surface area contributed by atoms with Crippen LogP contribution in [-0.2, 0) is 0 Å². The molecular weight excluding hydrogens is 282 g/mol. The van der Waals surface area contributed by atoms with Crippen molar-refractivity contribution in [1.29, 1.82) is 0 Å². The lowest BCUT2D eigenvalue weighted by Gasteiger charge is -2.18. The first-order valence-corrected chi connectivity index (χ1v) is 7.00. The van der Waals surface area contributed by atoms with E-state index in [4.69, 9.17) is 16.3 Å². The van der Waals surface area contributed by atoms with E-state index >= 15 is 0 Å². The van der Waals surface area contributed by atoms with Gasteiger partial charge in [-0.2, -0.15) is 9.36 Å². The molecule has 0 atom stereocenters. The summed E-state index contributed by atoms with van der Waals surface area (Å²) in [4.78, 5) is 4.48. The molecule has 0 bridgehead atoms. The smallest absolute Gasteiger partial charge is 0.203 e. The van der Waals surface area contributed by atoms with Crippen molar-refractivity contribution in [3.63, 3.8) is 0 Å². The lowest BCUT2D eigenvalue weighted by Crippen LogP contribution is -2.25. The first-order valence-electron chi connectivity index (χ1n) is 5.85. The number of nitrogens with zero attached hydrogens (tertiary/aromatic N) is 2. The minimum absolute atomic E-state index is 0.0408. The molecule has 0 aliphatic rings. The van der Waals surface area contributed by atoms with E-state index in [0.29, 0.717) is 16.6 Å². The molecular formula is C13H16ClN3OS. The summed E-state index contributed by atoms with van der Waals surface area (Å²) in [5, 5.41) is 4.72. The molecule has 4 nitrogen and oxygen atoms in total. The van der Waals surface area contributed by atoms with E-state index in [1.54, 1.807) is 19.2 Å². The van der Waals surface area contributed by atoms with E-state index < -0.39 is 0 Å². The summed E-state index contributed by atoms with van der Waals surface area (Å²) >= 11 is 7.28. The monoisotopic (exact) mass is 297 g/mol. The number of nitrogens with one attached hydrogen (secondary N) is 1. The summed E-state index contributed by atoms with van der Waals surface area (Å²) < 4.78 is 9.66. The first-order chi connectivity index (χ1) is 8.89. The van der Waals surface area contributed by atoms with E-state index in [1.165, 1.54) is 11.5 Å². The van der Waals surface area contributed by atoms with Crippen molar-refractivity contribution in [3.8, 4) is 17.1 Å². The average molecular weight is 298 g/mol. The van der Waals surface area contributed by atoms with Crippen LogP contribution in [0.2, 0.25) is 5.02 Å². The minimum atomic E-state index is -0.0408. The van der Waals surface area contributed by atoms with Gasteiger partial charge in [-0.05, 0) is 39.0 Å². The number of methoxy groups -OCH3 is 1. The Morgan fingerprint density at radius 1 is 1.32 bits per heavy atom. The molecule has 0 saturated heterocycles. The van der Waals surface area contributed by atoms with Crippen molar-refractivity contribution >= 4 is 28.3 Å². The summed E-state index contributed by atoms with van der Waals surface area (Å²) in [6, 6.07) is 5.43. The number of ether oxygens (including phenoxy) is 1. The first kappa shape index (κ1) is 14.1. The second-order valence-electron chi connectivity index (χ2n) is 5.14. The van der Waals surface area contributed by atoms with E-state index in [2.05, 4.69) is 35.4 Å². The maximum Gasteiger partial charge on any atom is 0.203 e. The predicted molar refractivity (Wildman–Crippen MR) is 80.3 cm³/mol. The highest BCUT2D eigenvalue weighted by atomic mass is 35.5. The number of hydrogen-bond acceptors (Lipinski definition) is 5. The molecule has 0 saturated carbocycles. The van der Waals surface area contributed by atoms with Gasteiger partial charge in [0.15, 0.2) is 5.82 Å².